The fourth-order valence-electron chi connectivity index (χ4n) is 3.48. The zero-order valence-electron chi connectivity index (χ0n) is 17.3. The van der Waals surface area contributed by atoms with Crippen molar-refractivity contribution in [1.82, 2.24) is 4.98 Å². The quantitative estimate of drug-likeness (QED) is 0.385. The number of benzene rings is 3. The van der Waals surface area contributed by atoms with Gasteiger partial charge in [0.25, 0.3) is 0 Å². The lowest BCUT2D eigenvalue weighted by molar-refractivity contribution is -0.115. The van der Waals surface area contributed by atoms with Crippen molar-refractivity contribution in [2.75, 3.05) is 17.7 Å². The summed E-state index contributed by atoms with van der Waals surface area (Å²) in [5, 5.41) is 7.90. The van der Waals surface area contributed by atoms with Gasteiger partial charge in [0.2, 0.25) is 5.91 Å². The monoisotopic (exact) mass is 431 g/mol. The lowest BCUT2D eigenvalue weighted by atomic mass is 10.1. The Balaban J connectivity index is 1.52. The van der Waals surface area contributed by atoms with Gasteiger partial charge >= 0.3 is 0 Å². The minimum atomic E-state index is -0.103. The fraction of sp³-hybridized carbons (Fsp3) is 0.120. The maximum atomic E-state index is 12.6. The number of aromatic nitrogens is 1. The van der Waals surface area contributed by atoms with Gasteiger partial charge in [0.15, 0.2) is 0 Å². The SMILES string of the molecule is COc1ccccc1CC(=O)Nc1ccc2nc(Nc3cccc(Cl)c3)cc(C)c2c1. The van der Waals surface area contributed by atoms with Crippen molar-refractivity contribution in [3.8, 4) is 5.75 Å². The average molecular weight is 432 g/mol. The largest absolute Gasteiger partial charge is 0.496 e. The third-order valence-corrected chi connectivity index (χ3v) is 5.17. The number of carbonyl (C=O) groups excluding carboxylic acids is 1. The Hall–Kier alpha value is -3.57. The van der Waals surface area contributed by atoms with E-state index >= 15 is 0 Å². The lowest BCUT2D eigenvalue weighted by Gasteiger charge is -2.12. The molecule has 5 nitrogen and oxygen atoms in total. The molecule has 0 aliphatic heterocycles. The molecule has 3 aromatic carbocycles. The number of rotatable bonds is 6. The van der Waals surface area contributed by atoms with Crippen LogP contribution in [-0.2, 0) is 11.2 Å². The van der Waals surface area contributed by atoms with Crippen molar-refractivity contribution in [2.24, 2.45) is 0 Å². The van der Waals surface area contributed by atoms with Crippen molar-refractivity contribution in [2.45, 2.75) is 13.3 Å². The number of carbonyl (C=O) groups is 1. The molecule has 0 aliphatic carbocycles. The Bertz CT molecular complexity index is 1260. The second kappa shape index (κ2) is 9.06. The number of hydrogen-bond acceptors (Lipinski definition) is 4. The molecular weight excluding hydrogens is 410 g/mol. The highest BCUT2D eigenvalue weighted by atomic mass is 35.5. The molecule has 0 fully saturated rings. The molecule has 4 aromatic rings. The van der Waals surface area contributed by atoms with Crippen LogP contribution in [0, 0.1) is 6.92 Å². The number of methoxy groups -OCH3 is 1. The van der Waals surface area contributed by atoms with Crippen molar-refractivity contribution >= 4 is 45.6 Å². The number of nitrogens with one attached hydrogen (secondary N) is 2. The van der Waals surface area contributed by atoms with Gasteiger partial charge in [-0.1, -0.05) is 35.9 Å². The topological polar surface area (TPSA) is 63.2 Å². The summed E-state index contributed by atoms with van der Waals surface area (Å²) in [6, 6.07) is 22.7. The number of halogens is 1. The molecule has 4 rings (SSSR count). The third kappa shape index (κ3) is 4.95. The van der Waals surface area contributed by atoms with Crippen LogP contribution in [0.1, 0.15) is 11.1 Å². The predicted octanol–water partition coefficient (Wildman–Crippen LogP) is 6.13. The Labute approximate surface area is 186 Å². The number of para-hydroxylation sites is 1. The van der Waals surface area contributed by atoms with E-state index in [9.17, 15) is 4.79 Å². The van der Waals surface area contributed by atoms with Crippen LogP contribution in [0.25, 0.3) is 10.9 Å². The normalized spacial score (nSPS) is 10.7. The van der Waals surface area contributed by atoms with Crippen molar-refractivity contribution in [3.05, 3.63) is 88.9 Å². The van der Waals surface area contributed by atoms with Gasteiger partial charge in [0.05, 0.1) is 19.0 Å². The molecule has 0 aliphatic rings. The number of ether oxygens (including phenoxy) is 1. The van der Waals surface area contributed by atoms with E-state index in [1.807, 2.05) is 79.7 Å². The van der Waals surface area contributed by atoms with Crippen molar-refractivity contribution in [3.63, 3.8) is 0 Å². The lowest BCUT2D eigenvalue weighted by Crippen LogP contribution is -2.15. The van der Waals surface area contributed by atoms with Crippen molar-refractivity contribution < 1.29 is 9.53 Å². The van der Waals surface area contributed by atoms with Gasteiger partial charge in [-0.15, -0.1) is 0 Å². The molecule has 156 valence electrons. The van der Waals surface area contributed by atoms with Crippen LogP contribution in [0.3, 0.4) is 0 Å². The molecule has 0 radical (unpaired) electrons. The van der Waals surface area contributed by atoms with Crippen LogP contribution >= 0.6 is 11.6 Å². The summed E-state index contributed by atoms with van der Waals surface area (Å²) in [6.07, 6.45) is 0.238. The highest BCUT2D eigenvalue weighted by Crippen LogP contribution is 2.26. The number of anilines is 3. The molecule has 0 atom stereocenters. The number of amides is 1. The van der Waals surface area contributed by atoms with E-state index in [0.717, 1.165) is 39.2 Å². The minimum absolute atomic E-state index is 0.103. The summed E-state index contributed by atoms with van der Waals surface area (Å²) in [7, 11) is 1.60. The van der Waals surface area contributed by atoms with Crippen LogP contribution in [0.2, 0.25) is 5.02 Å². The van der Waals surface area contributed by atoms with Gasteiger partial charge in [0, 0.05) is 27.3 Å². The third-order valence-electron chi connectivity index (χ3n) is 4.94. The number of hydrogen-bond donors (Lipinski definition) is 2. The van der Waals surface area contributed by atoms with E-state index in [2.05, 4.69) is 15.6 Å². The first-order valence-corrected chi connectivity index (χ1v) is 10.3. The molecular formula is C25H22ClN3O2. The van der Waals surface area contributed by atoms with E-state index in [4.69, 9.17) is 16.3 Å². The van der Waals surface area contributed by atoms with Gasteiger partial charge in [-0.05, 0) is 61.0 Å². The first kappa shape index (κ1) is 20.7. The van der Waals surface area contributed by atoms with Gasteiger partial charge in [0.1, 0.15) is 11.6 Å². The van der Waals surface area contributed by atoms with E-state index in [-0.39, 0.29) is 12.3 Å². The first-order chi connectivity index (χ1) is 15.0. The Kier molecular flexibility index (Phi) is 6.05. The number of aryl methyl sites for hydroxylation is 1. The average Bonchev–Trinajstić information content (AvgIpc) is 2.74. The van der Waals surface area contributed by atoms with Gasteiger partial charge in [-0.3, -0.25) is 4.79 Å². The van der Waals surface area contributed by atoms with Crippen LogP contribution < -0.4 is 15.4 Å². The molecule has 1 aromatic heterocycles. The maximum Gasteiger partial charge on any atom is 0.228 e. The number of pyridine rings is 1. The fourth-order valence-corrected chi connectivity index (χ4v) is 3.67. The zero-order chi connectivity index (χ0) is 21.8. The minimum Gasteiger partial charge on any atom is -0.496 e. The summed E-state index contributed by atoms with van der Waals surface area (Å²) in [5.41, 5.74) is 4.34. The molecule has 0 saturated carbocycles. The van der Waals surface area contributed by atoms with E-state index in [0.29, 0.717) is 10.8 Å². The summed E-state index contributed by atoms with van der Waals surface area (Å²) >= 11 is 6.06. The van der Waals surface area contributed by atoms with E-state index < -0.39 is 0 Å². The van der Waals surface area contributed by atoms with Crippen LogP contribution in [0.4, 0.5) is 17.2 Å². The maximum absolute atomic E-state index is 12.6. The molecule has 2 N–H and O–H groups in total. The van der Waals surface area contributed by atoms with Crippen LogP contribution in [-0.4, -0.2) is 18.0 Å². The molecule has 0 saturated heterocycles. The Morgan fingerprint density at radius 3 is 2.65 bits per heavy atom. The summed E-state index contributed by atoms with van der Waals surface area (Å²) in [6.45, 7) is 2.02. The molecule has 31 heavy (non-hydrogen) atoms. The van der Waals surface area contributed by atoms with E-state index in [1.54, 1.807) is 7.11 Å². The zero-order valence-corrected chi connectivity index (χ0v) is 18.0. The van der Waals surface area contributed by atoms with Crippen LogP contribution in [0.15, 0.2) is 72.8 Å². The smallest absolute Gasteiger partial charge is 0.228 e. The van der Waals surface area contributed by atoms with Gasteiger partial charge < -0.3 is 15.4 Å². The van der Waals surface area contributed by atoms with Gasteiger partial charge in [-0.2, -0.15) is 0 Å². The number of nitrogens with zero attached hydrogens (tertiary/aromatic N) is 1. The molecule has 6 heteroatoms. The summed E-state index contributed by atoms with van der Waals surface area (Å²) in [5.74, 6) is 1.34. The highest BCUT2D eigenvalue weighted by Gasteiger charge is 2.10. The predicted molar refractivity (Wildman–Crippen MR) is 127 cm³/mol. The molecule has 0 bridgehead atoms. The summed E-state index contributed by atoms with van der Waals surface area (Å²) in [4.78, 5) is 17.2. The van der Waals surface area contributed by atoms with Gasteiger partial charge in [-0.25, -0.2) is 4.98 Å². The summed E-state index contributed by atoms with van der Waals surface area (Å²) < 4.78 is 5.33. The molecule has 0 spiro atoms. The Morgan fingerprint density at radius 2 is 1.84 bits per heavy atom. The first-order valence-electron chi connectivity index (χ1n) is 9.87. The number of fused-ring (bicyclic) bond motifs is 1. The second-order valence-electron chi connectivity index (χ2n) is 7.23. The molecule has 1 heterocycles. The molecule has 0 unspecified atom stereocenters. The molecule has 1 amide bonds. The second-order valence-corrected chi connectivity index (χ2v) is 7.66. The van der Waals surface area contributed by atoms with E-state index in [1.165, 1.54) is 0 Å². The van der Waals surface area contributed by atoms with Crippen LogP contribution in [0.5, 0.6) is 5.75 Å². The highest BCUT2D eigenvalue weighted by molar-refractivity contribution is 6.30. The van der Waals surface area contributed by atoms with Crippen molar-refractivity contribution in [1.29, 1.82) is 0 Å². The Morgan fingerprint density at radius 1 is 1.00 bits per heavy atom. The standard InChI is InChI=1S/C25H22ClN3O2/c1-16-12-24(27-19-8-5-7-18(26)14-19)29-22-11-10-20(15-21(16)22)28-25(30)13-17-6-3-4-9-23(17)31-2/h3-12,14-15H,13H2,1-2H3,(H,27,29)(H,28,30).